The van der Waals surface area contributed by atoms with E-state index in [0.717, 1.165) is 11.1 Å². The molecule has 0 atom stereocenters. The molecule has 0 heterocycles. The van der Waals surface area contributed by atoms with E-state index in [0.29, 0.717) is 22.9 Å². The summed E-state index contributed by atoms with van der Waals surface area (Å²) in [5.74, 6) is 0.667. The Morgan fingerprint density at radius 3 is 2.63 bits per heavy atom. The highest BCUT2D eigenvalue weighted by molar-refractivity contribution is 6.32. The van der Waals surface area contributed by atoms with Gasteiger partial charge in [0, 0.05) is 11.1 Å². The van der Waals surface area contributed by atoms with Gasteiger partial charge >= 0.3 is 0 Å². The lowest BCUT2D eigenvalue weighted by Gasteiger charge is -2.10. The fourth-order valence-electron chi connectivity index (χ4n) is 1.87. The van der Waals surface area contributed by atoms with Crippen molar-refractivity contribution >= 4 is 17.4 Å². The molecule has 2 rings (SSSR count). The number of carbonyl (C=O) groups excluding carboxylic acids is 1. The molecular weight excluding hydrogens is 260 g/mol. The highest BCUT2D eigenvalue weighted by atomic mass is 35.5. The van der Waals surface area contributed by atoms with Gasteiger partial charge in [0.15, 0.2) is 5.78 Å². The van der Waals surface area contributed by atoms with E-state index in [1.54, 1.807) is 13.0 Å². The molecule has 19 heavy (non-hydrogen) atoms. The Morgan fingerprint density at radius 2 is 1.95 bits per heavy atom. The maximum absolute atomic E-state index is 11.5. The van der Waals surface area contributed by atoms with E-state index in [4.69, 9.17) is 16.3 Å². The summed E-state index contributed by atoms with van der Waals surface area (Å²) >= 11 is 6.11. The van der Waals surface area contributed by atoms with Crippen molar-refractivity contribution in [2.24, 2.45) is 0 Å². The van der Waals surface area contributed by atoms with Crippen molar-refractivity contribution in [1.82, 2.24) is 0 Å². The number of halogens is 1. The summed E-state index contributed by atoms with van der Waals surface area (Å²) < 4.78 is 5.68. The molecule has 0 aliphatic rings. The van der Waals surface area contributed by atoms with Crippen LogP contribution in [0.15, 0.2) is 42.5 Å². The first-order chi connectivity index (χ1) is 9.08. The highest BCUT2D eigenvalue weighted by Crippen LogP contribution is 2.26. The van der Waals surface area contributed by atoms with Crippen LogP contribution < -0.4 is 4.74 Å². The molecule has 0 bridgehead atoms. The summed E-state index contributed by atoms with van der Waals surface area (Å²) in [5.41, 5.74) is 2.64. The number of rotatable bonds is 4. The molecule has 2 nitrogen and oxygen atoms in total. The van der Waals surface area contributed by atoms with Crippen LogP contribution in [0.1, 0.15) is 28.4 Å². The molecule has 3 heteroatoms. The SMILES string of the molecule is CC(=O)c1ccccc1COc1ccc(C)cc1Cl. The lowest BCUT2D eigenvalue weighted by Crippen LogP contribution is -2.03. The quantitative estimate of drug-likeness (QED) is 0.771. The van der Waals surface area contributed by atoms with Gasteiger partial charge in [0.2, 0.25) is 0 Å². The van der Waals surface area contributed by atoms with Crippen molar-refractivity contribution in [3.8, 4) is 5.75 Å². The predicted octanol–water partition coefficient (Wildman–Crippen LogP) is 4.43. The van der Waals surface area contributed by atoms with Crippen molar-refractivity contribution in [2.45, 2.75) is 20.5 Å². The maximum Gasteiger partial charge on any atom is 0.160 e. The largest absolute Gasteiger partial charge is 0.487 e. The molecule has 0 radical (unpaired) electrons. The van der Waals surface area contributed by atoms with Gasteiger partial charge in [-0.1, -0.05) is 41.9 Å². The maximum atomic E-state index is 11.5. The van der Waals surface area contributed by atoms with E-state index in [1.165, 1.54) is 0 Å². The first-order valence-electron chi connectivity index (χ1n) is 6.05. The molecule has 98 valence electrons. The van der Waals surface area contributed by atoms with Crippen LogP contribution in [-0.4, -0.2) is 5.78 Å². The van der Waals surface area contributed by atoms with Crippen LogP contribution in [0.3, 0.4) is 0 Å². The average Bonchev–Trinajstić information content (AvgIpc) is 2.38. The predicted molar refractivity (Wildman–Crippen MR) is 77.0 cm³/mol. The summed E-state index contributed by atoms with van der Waals surface area (Å²) in [6, 6.07) is 13.1. The minimum Gasteiger partial charge on any atom is -0.487 e. The summed E-state index contributed by atoms with van der Waals surface area (Å²) in [7, 11) is 0. The van der Waals surface area contributed by atoms with Gasteiger partial charge in [-0.25, -0.2) is 0 Å². The van der Waals surface area contributed by atoms with Crippen molar-refractivity contribution < 1.29 is 9.53 Å². The van der Waals surface area contributed by atoms with Crippen LogP contribution in [0, 0.1) is 6.92 Å². The van der Waals surface area contributed by atoms with E-state index < -0.39 is 0 Å². The molecule has 0 fully saturated rings. The number of Topliss-reactive ketones (excluding diaryl/α,β-unsaturated/α-hetero) is 1. The van der Waals surface area contributed by atoms with Gasteiger partial charge < -0.3 is 4.74 Å². The molecule has 0 aliphatic carbocycles. The lowest BCUT2D eigenvalue weighted by atomic mass is 10.1. The third-order valence-corrected chi connectivity index (χ3v) is 3.16. The van der Waals surface area contributed by atoms with Gasteiger partial charge in [0.25, 0.3) is 0 Å². The third-order valence-electron chi connectivity index (χ3n) is 2.87. The Kier molecular flexibility index (Phi) is 4.23. The van der Waals surface area contributed by atoms with Crippen molar-refractivity contribution in [1.29, 1.82) is 0 Å². The molecule has 0 aromatic heterocycles. The van der Waals surface area contributed by atoms with Gasteiger partial charge in [-0.05, 0) is 31.5 Å². The van der Waals surface area contributed by atoms with Gasteiger partial charge in [0.1, 0.15) is 12.4 Å². The molecule has 0 aliphatic heterocycles. The van der Waals surface area contributed by atoms with E-state index in [-0.39, 0.29) is 5.78 Å². The zero-order chi connectivity index (χ0) is 13.8. The van der Waals surface area contributed by atoms with Crippen LogP contribution in [0.4, 0.5) is 0 Å². The standard InChI is InChI=1S/C16H15ClO2/c1-11-7-8-16(15(17)9-11)19-10-13-5-3-4-6-14(13)12(2)18/h3-9H,10H2,1-2H3. The van der Waals surface area contributed by atoms with Gasteiger partial charge in [0.05, 0.1) is 5.02 Å². The third kappa shape index (κ3) is 3.36. The smallest absolute Gasteiger partial charge is 0.160 e. The molecule has 0 amide bonds. The molecule has 0 N–H and O–H groups in total. The minimum atomic E-state index is 0.0363. The van der Waals surface area contributed by atoms with Gasteiger partial charge in [-0.2, -0.15) is 0 Å². The van der Waals surface area contributed by atoms with Gasteiger partial charge in [-0.15, -0.1) is 0 Å². The number of ether oxygens (including phenoxy) is 1. The molecule has 0 spiro atoms. The van der Waals surface area contributed by atoms with Crippen LogP contribution in [0.2, 0.25) is 5.02 Å². The van der Waals surface area contributed by atoms with Crippen LogP contribution >= 0.6 is 11.6 Å². The number of ketones is 1. The Hall–Kier alpha value is -1.80. The second kappa shape index (κ2) is 5.89. The van der Waals surface area contributed by atoms with Crippen molar-refractivity contribution in [3.63, 3.8) is 0 Å². The molecule has 2 aromatic rings. The minimum absolute atomic E-state index is 0.0363. The molecule has 0 unspecified atom stereocenters. The number of benzene rings is 2. The summed E-state index contributed by atoms with van der Waals surface area (Å²) in [6.45, 7) is 3.86. The fourth-order valence-corrected chi connectivity index (χ4v) is 2.16. The normalized spacial score (nSPS) is 10.3. The van der Waals surface area contributed by atoms with E-state index in [9.17, 15) is 4.79 Å². The molecule has 0 saturated carbocycles. The molecule has 2 aromatic carbocycles. The summed E-state index contributed by atoms with van der Waals surface area (Å²) in [5, 5.41) is 0.584. The molecular formula is C16H15ClO2. The first kappa shape index (κ1) is 13.6. The highest BCUT2D eigenvalue weighted by Gasteiger charge is 2.08. The zero-order valence-electron chi connectivity index (χ0n) is 10.9. The topological polar surface area (TPSA) is 26.3 Å². The van der Waals surface area contributed by atoms with Crippen molar-refractivity contribution in [3.05, 3.63) is 64.2 Å². The fraction of sp³-hybridized carbons (Fsp3) is 0.188. The Balaban J connectivity index is 2.17. The lowest BCUT2D eigenvalue weighted by molar-refractivity contribution is 0.101. The Labute approximate surface area is 118 Å². The number of hydrogen-bond donors (Lipinski definition) is 0. The number of hydrogen-bond acceptors (Lipinski definition) is 2. The second-order valence-corrected chi connectivity index (χ2v) is 4.84. The first-order valence-corrected chi connectivity index (χ1v) is 6.43. The van der Waals surface area contributed by atoms with Crippen LogP contribution in [-0.2, 0) is 6.61 Å². The monoisotopic (exact) mass is 274 g/mol. The Bertz CT molecular complexity index is 605. The van der Waals surface area contributed by atoms with E-state index in [1.807, 2.05) is 43.3 Å². The van der Waals surface area contributed by atoms with E-state index >= 15 is 0 Å². The number of carbonyl (C=O) groups is 1. The van der Waals surface area contributed by atoms with Gasteiger partial charge in [-0.3, -0.25) is 4.79 Å². The summed E-state index contributed by atoms with van der Waals surface area (Å²) in [4.78, 5) is 11.5. The van der Waals surface area contributed by atoms with E-state index in [2.05, 4.69) is 0 Å². The number of aryl methyl sites for hydroxylation is 1. The Morgan fingerprint density at radius 1 is 1.21 bits per heavy atom. The zero-order valence-corrected chi connectivity index (χ0v) is 11.7. The second-order valence-electron chi connectivity index (χ2n) is 4.44. The average molecular weight is 275 g/mol. The van der Waals surface area contributed by atoms with Crippen molar-refractivity contribution in [2.75, 3.05) is 0 Å². The van der Waals surface area contributed by atoms with Crippen LogP contribution in [0.5, 0.6) is 5.75 Å². The summed E-state index contributed by atoms with van der Waals surface area (Å²) in [6.07, 6.45) is 0. The van der Waals surface area contributed by atoms with Crippen LogP contribution in [0.25, 0.3) is 0 Å². The molecule has 0 saturated heterocycles.